The number of benzene rings is 2. The van der Waals surface area contributed by atoms with E-state index in [2.05, 4.69) is 0 Å². The molecule has 0 amide bonds. The fraction of sp³-hybridized carbons (Fsp3) is 0.250. The molecule has 1 aliphatic rings. The molecule has 0 bridgehead atoms. The molecule has 3 rings (SSSR count). The number of halogens is 2. The van der Waals surface area contributed by atoms with Gasteiger partial charge in [-0.05, 0) is 42.3 Å². The highest BCUT2D eigenvalue weighted by Crippen LogP contribution is 2.40. The van der Waals surface area contributed by atoms with Gasteiger partial charge in [-0.25, -0.2) is 4.39 Å². The average Bonchev–Trinajstić information content (AvgIpc) is 2.42. The van der Waals surface area contributed by atoms with E-state index >= 15 is 0 Å². The number of ether oxygens (including phenoxy) is 1. The van der Waals surface area contributed by atoms with Crippen molar-refractivity contribution >= 4 is 11.6 Å². The van der Waals surface area contributed by atoms with Crippen molar-refractivity contribution in [1.82, 2.24) is 0 Å². The van der Waals surface area contributed by atoms with Crippen LogP contribution in [0.5, 0.6) is 5.75 Å². The van der Waals surface area contributed by atoms with Gasteiger partial charge in [0.25, 0.3) is 0 Å². The molecular weight excluding hydrogens is 277 g/mol. The van der Waals surface area contributed by atoms with Gasteiger partial charge in [0.05, 0.1) is 0 Å². The molecular formula is C16H15ClFNO. The van der Waals surface area contributed by atoms with Crippen molar-refractivity contribution in [3.63, 3.8) is 0 Å². The Hall–Kier alpha value is -1.58. The Morgan fingerprint density at radius 2 is 2.05 bits per heavy atom. The number of aryl methyl sites for hydroxylation is 1. The molecule has 20 heavy (non-hydrogen) atoms. The number of nitrogens with two attached hydrogens (primary N) is 1. The van der Waals surface area contributed by atoms with Gasteiger partial charge in [-0.1, -0.05) is 23.7 Å². The van der Waals surface area contributed by atoms with Crippen molar-refractivity contribution in [1.29, 1.82) is 0 Å². The molecule has 2 aromatic rings. The van der Waals surface area contributed by atoms with Crippen LogP contribution in [0.1, 0.15) is 35.3 Å². The molecule has 0 fully saturated rings. The van der Waals surface area contributed by atoms with Crippen LogP contribution in [0.2, 0.25) is 5.02 Å². The fourth-order valence-corrected chi connectivity index (χ4v) is 2.67. The molecule has 0 saturated heterocycles. The topological polar surface area (TPSA) is 35.2 Å². The highest BCUT2D eigenvalue weighted by atomic mass is 35.5. The van der Waals surface area contributed by atoms with Gasteiger partial charge < -0.3 is 10.5 Å². The molecule has 1 aliphatic heterocycles. The average molecular weight is 292 g/mol. The lowest BCUT2D eigenvalue weighted by atomic mass is 9.93. The van der Waals surface area contributed by atoms with Crippen LogP contribution in [-0.4, -0.2) is 0 Å². The minimum atomic E-state index is -0.228. The molecule has 0 saturated carbocycles. The van der Waals surface area contributed by atoms with E-state index in [1.807, 2.05) is 18.2 Å². The minimum absolute atomic E-state index is 0.160. The Morgan fingerprint density at radius 1 is 1.25 bits per heavy atom. The quantitative estimate of drug-likeness (QED) is 0.849. The standard InChI is InChI=1S/C16H15ClFNO/c1-9-2-3-10(6-13(9)18)16-8-14(19)12-7-11(17)4-5-15(12)20-16/h2-7,14,16H,8,19H2,1H3/t14-,16?/m1/s1. The number of hydrogen-bond acceptors (Lipinski definition) is 2. The van der Waals surface area contributed by atoms with Crippen LogP contribution >= 0.6 is 11.6 Å². The summed E-state index contributed by atoms with van der Waals surface area (Å²) in [6, 6.07) is 10.4. The van der Waals surface area contributed by atoms with Crippen molar-refractivity contribution in [3.05, 3.63) is 63.9 Å². The summed E-state index contributed by atoms with van der Waals surface area (Å²) in [5.74, 6) is 0.501. The lowest BCUT2D eigenvalue weighted by Gasteiger charge is -2.30. The molecule has 1 unspecified atom stereocenters. The van der Waals surface area contributed by atoms with Gasteiger partial charge in [-0.15, -0.1) is 0 Å². The summed E-state index contributed by atoms with van der Waals surface area (Å²) >= 11 is 5.97. The molecule has 4 heteroatoms. The maximum absolute atomic E-state index is 13.7. The van der Waals surface area contributed by atoms with Gasteiger partial charge in [-0.2, -0.15) is 0 Å². The maximum atomic E-state index is 13.7. The third-order valence-electron chi connectivity index (χ3n) is 3.68. The third-order valence-corrected chi connectivity index (χ3v) is 3.91. The molecule has 104 valence electrons. The second-order valence-corrected chi connectivity index (χ2v) is 5.58. The summed E-state index contributed by atoms with van der Waals surface area (Å²) in [5.41, 5.74) is 8.52. The van der Waals surface area contributed by atoms with Gasteiger partial charge in [0.1, 0.15) is 17.7 Å². The first-order valence-corrected chi connectivity index (χ1v) is 6.90. The summed E-state index contributed by atoms with van der Waals surface area (Å²) in [6.45, 7) is 1.74. The Bertz CT molecular complexity index is 659. The molecule has 2 atom stereocenters. The second kappa shape index (κ2) is 5.08. The lowest BCUT2D eigenvalue weighted by Crippen LogP contribution is -2.24. The molecule has 0 aliphatic carbocycles. The van der Waals surface area contributed by atoms with Crippen molar-refractivity contribution in [3.8, 4) is 5.75 Å². The van der Waals surface area contributed by atoms with Gasteiger partial charge in [0.2, 0.25) is 0 Å². The number of rotatable bonds is 1. The smallest absolute Gasteiger partial charge is 0.126 e. The molecule has 0 radical (unpaired) electrons. The summed E-state index contributed by atoms with van der Waals surface area (Å²) in [5, 5.41) is 0.641. The fourth-order valence-electron chi connectivity index (χ4n) is 2.49. The maximum Gasteiger partial charge on any atom is 0.126 e. The van der Waals surface area contributed by atoms with Crippen LogP contribution in [0.25, 0.3) is 0 Å². The molecule has 0 aromatic heterocycles. The van der Waals surface area contributed by atoms with Crippen molar-refractivity contribution < 1.29 is 9.13 Å². The van der Waals surface area contributed by atoms with E-state index in [4.69, 9.17) is 22.1 Å². The normalized spacial score (nSPS) is 21.2. The monoisotopic (exact) mass is 291 g/mol. The van der Waals surface area contributed by atoms with E-state index in [9.17, 15) is 4.39 Å². The summed E-state index contributed by atoms with van der Waals surface area (Å²) in [6.07, 6.45) is 0.379. The van der Waals surface area contributed by atoms with E-state index in [1.165, 1.54) is 6.07 Å². The van der Waals surface area contributed by atoms with Crippen molar-refractivity contribution in [2.24, 2.45) is 5.73 Å². The van der Waals surface area contributed by atoms with Gasteiger partial charge in [0, 0.05) is 23.0 Å². The molecule has 0 spiro atoms. The largest absolute Gasteiger partial charge is 0.485 e. The zero-order chi connectivity index (χ0) is 14.3. The molecule has 2 nitrogen and oxygen atoms in total. The highest BCUT2D eigenvalue weighted by molar-refractivity contribution is 6.30. The predicted octanol–water partition coefficient (Wildman–Crippen LogP) is 4.31. The van der Waals surface area contributed by atoms with E-state index in [1.54, 1.807) is 19.1 Å². The van der Waals surface area contributed by atoms with Crippen LogP contribution in [0, 0.1) is 12.7 Å². The van der Waals surface area contributed by atoms with E-state index in [-0.39, 0.29) is 18.0 Å². The predicted molar refractivity (Wildman–Crippen MR) is 77.5 cm³/mol. The van der Waals surface area contributed by atoms with Crippen LogP contribution in [0.4, 0.5) is 4.39 Å². The molecule has 2 N–H and O–H groups in total. The number of hydrogen-bond donors (Lipinski definition) is 1. The zero-order valence-corrected chi connectivity index (χ0v) is 11.8. The van der Waals surface area contributed by atoms with E-state index in [0.29, 0.717) is 17.0 Å². The minimum Gasteiger partial charge on any atom is -0.485 e. The molecule has 1 heterocycles. The van der Waals surface area contributed by atoms with E-state index < -0.39 is 0 Å². The first-order valence-electron chi connectivity index (χ1n) is 6.52. The van der Waals surface area contributed by atoms with Crippen LogP contribution in [0.15, 0.2) is 36.4 Å². The summed E-state index contributed by atoms with van der Waals surface area (Å²) < 4.78 is 19.6. The van der Waals surface area contributed by atoms with Crippen LogP contribution in [-0.2, 0) is 0 Å². The third kappa shape index (κ3) is 2.39. The van der Waals surface area contributed by atoms with Crippen LogP contribution < -0.4 is 10.5 Å². The zero-order valence-electron chi connectivity index (χ0n) is 11.1. The first kappa shape index (κ1) is 13.4. The molecule has 2 aromatic carbocycles. The lowest BCUT2D eigenvalue weighted by molar-refractivity contribution is 0.161. The SMILES string of the molecule is Cc1ccc(C2C[C@@H](N)c3cc(Cl)ccc3O2)cc1F. The Morgan fingerprint density at radius 3 is 2.80 bits per heavy atom. The van der Waals surface area contributed by atoms with Crippen molar-refractivity contribution in [2.45, 2.75) is 25.5 Å². The van der Waals surface area contributed by atoms with Gasteiger partial charge in [-0.3, -0.25) is 0 Å². The summed E-state index contributed by atoms with van der Waals surface area (Å²) in [7, 11) is 0. The number of fused-ring (bicyclic) bond motifs is 1. The second-order valence-electron chi connectivity index (χ2n) is 5.14. The summed E-state index contributed by atoms with van der Waals surface area (Å²) in [4.78, 5) is 0. The first-order chi connectivity index (χ1) is 9.54. The van der Waals surface area contributed by atoms with Crippen LogP contribution in [0.3, 0.4) is 0 Å². The highest BCUT2D eigenvalue weighted by Gasteiger charge is 2.27. The Balaban J connectivity index is 1.94. The van der Waals surface area contributed by atoms with Gasteiger partial charge in [0.15, 0.2) is 0 Å². The Kier molecular flexibility index (Phi) is 3.40. The van der Waals surface area contributed by atoms with Crippen molar-refractivity contribution in [2.75, 3.05) is 0 Å². The van der Waals surface area contributed by atoms with E-state index in [0.717, 1.165) is 16.9 Å². The van der Waals surface area contributed by atoms with Gasteiger partial charge >= 0.3 is 0 Å². The Labute approximate surface area is 122 Å².